The molecule has 1 aromatic heterocycles. The van der Waals surface area contributed by atoms with Crippen LogP contribution < -0.4 is 5.56 Å². The predicted molar refractivity (Wildman–Crippen MR) is 142 cm³/mol. The Morgan fingerprint density at radius 3 is 1.94 bits per heavy atom. The molecule has 0 N–H and O–H groups in total. The van der Waals surface area contributed by atoms with Crippen molar-refractivity contribution < 1.29 is 9.59 Å². The topological polar surface area (TPSA) is 59.4 Å². The summed E-state index contributed by atoms with van der Waals surface area (Å²) >= 11 is 0. The van der Waals surface area contributed by atoms with Gasteiger partial charge >= 0.3 is 0 Å². The average Bonchev–Trinajstić information content (AvgIpc) is 3.15. The third kappa shape index (κ3) is 4.56. The van der Waals surface area contributed by atoms with Crippen molar-refractivity contribution in [2.75, 3.05) is 6.54 Å². The van der Waals surface area contributed by atoms with E-state index in [1.807, 2.05) is 85.9 Å². The normalized spacial score (nSPS) is 13.0. The maximum atomic E-state index is 13.7. The van der Waals surface area contributed by atoms with E-state index >= 15 is 0 Å². The average molecular weight is 475 g/mol. The largest absolute Gasteiger partial charge is 0.311 e. The quantitative estimate of drug-likeness (QED) is 0.345. The Kier molecular flexibility index (Phi) is 6.46. The zero-order valence-corrected chi connectivity index (χ0v) is 20.1. The summed E-state index contributed by atoms with van der Waals surface area (Å²) in [5.41, 5.74) is 5.13. The van der Waals surface area contributed by atoms with Gasteiger partial charge in [0, 0.05) is 18.3 Å². The minimum absolute atomic E-state index is 0.117. The van der Waals surface area contributed by atoms with Crippen molar-refractivity contribution in [3.63, 3.8) is 0 Å². The molecule has 0 unspecified atom stereocenters. The van der Waals surface area contributed by atoms with Gasteiger partial charge in [0.05, 0.1) is 17.7 Å². The first-order valence-corrected chi connectivity index (χ1v) is 12.0. The molecule has 2 heterocycles. The number of imide groups is 1. The van der Waals surface area contributed by atoms with Gasteiger partial charge < -0.3 is 4.57 Å². The van der Waals surface area contributed by atoms with Crippen molar-refractivity contribution in [3.05, 3.63) is 140 Å². The van der Waals surface area contributed by atoms with E-state index in [1.165, 1.54) is 4.90 Å². The number of pyridine rings is 1. The highest BCUT2D eigenvalue weighted by Crippen LogP contribution is 2.23. The van der Waals surface area contributed by atoms with Gasteiger partial charge in [0.25, 0.3) is 17.4 Å². The third-order valence-corrected chi connectivity index (χ3v) is 6.52. The molecule has 0 fully saturated rings. The van der Waals surface area contributed by atoms with Crippen molar-refractivity contribution in [2.45, 2.75) is 19.9 Å². The molecule has 0 radical (unpaired) electrons. The smallest absolute Gasteiger partial charge is 0.261 e. The van der Waals surface area contributed by atoms with Crippen molar-refractivity contribution in [3.8, 4) is 0 Å². The second-order valence-electron chi connectivity index (χ2n) is 8.92. The van der Waals surface area contributed by atoms with E-state index in [2.05, 4.69) is 0 Å². The van der Waals surface area contributed by atoms with Crippen LogP contribution in [0.1, 0.15) is 48.5 Å². The number of carbonyl (C=O) groups is 2. The summed E-state index contributed by atoms with van der Waals surface area (Å²) in [5, 5.41) is 0. The van der Waals surface area contributed by atoms with Crippen LogP contribution in [0.3, 0.4) is 0 Å². The van der Waals surface area contributed by atoms with Crippen LogP contribution in [0.25, 0.3) is 12.2 Å². The molecule has 5 nitrogen and oxygen atoms in total. The predicted octanol–water partition coefficient (Wildman–Crippen LogP) is 5.21. The van der Waals surface area contributed by atoms with Gasteiger partial charge in [-0.15, -0.1) is 0 Å². The number of rotatable bonds is 7. The number of fused-ring (bicyclic) bond motifs is 1. The van der Waals surface area contributed by atoms with Gasteiger partial charge in [-0.2, -0.15) is 0 Å². The Morgan fingerprint density at radius 2 is 1.31 bits per heavy atom. The first kappa shape index (κ1) is 23.2. The molecule has 5 rings (SSSR count). The molecule has 1 aliphatic rings. The lowest BCUT2D eigenvalue weighted by Crippen LogP contribution is -2.34. The zero-order valence-electron chi connectivity index (χ0n) is 20.1. The highest BCUT2D eigenvalue weighted by molar-refractivity contribution is 6.21. The first-order valence-electron chi connectivity index (χ1n) is 12.0. The van der Waals surface area contributed by atoms with E-state index < -0.39 is 0 Å². The minimum Gasteiger partial charge on any atom is -0.311 e. The lowest BCUT2D eigenvalue weighted by Gasteiger charge is -2.17. The Hall–Kier alpha value is -4.51. The monoisotopic (exact) mass is 474 g/mol. The lowest BCUT2D eigenvalue weighted by atomic mass is 10.00. The number of aromatic nitrogens is 1. The maximum absolute atomic E-state index is 13.7. The molecule has 36 heavy (non-hydrogen) atoms. The molecular weight excluding hydrogens is 448 g/mol. The Bertz CT molecular complexity index is 1480. The van der Waals surface area contributed by atoms with E-state index in [-0.39, 0.29) is 30.3 Å². The van der Waals surface area contributed by atoms with Gasteiger partial charge in [0.2, 0.25) is 0 Å². The number of carbonyl (C=O) groups excluding carboxylic acids is 2. The SMILES string of the molecule is Cc1cn(Cc2ccccc2)c(=O)c(CCN2C(=O)c3ccccc3C2=O)c1C=Cc1ccccc1. The van der Waals surface area contributed by atoms with Gasteiger partial charge in [0.15, 0.2) is 0 Å². The second kappa shape index (κ2) is 10.0. The fraction of sp³-hybridized carbons (Fsp3) is 0.129. The molecule has 0 atom stereocenters. The molecule has 5 heteroatoms. The van der Waals surface area contributed by atoms with Crippen molar-refractivity contribution in [1.29, 1.82) is 0 Å². The molecule has 0 saturated carbocycles. The summed E-state index contributed by atoms with van der Waals surface area (Å²) < 4.78 is 1.71. The number of hydrogen-bond acceptors (Lipinski definition) is 3. The van der Waals surface area contributed by atoms with Gasteiger partial charge in [-0.25, -0.2) is 0 Å². The third-order valence-electron chi connectivity index (χ3n) is 6.52. The summed E-state index contributed by atoms with van der Waals surface area (Å²) in [7, 11) is 0. The van der Waals surface area contributed by atoms with Crippen LogP contribution in [0.5, 0.6) is 0 Å². The van der Waals surface area contributed by atoms with Crippen molar-refractivity contribution in [2.24, 2.45) is 0 Å². The van der Waals surface area contributed by atoms with Crippen molar-refractivity contribution >= 4 is 24.0 Å². The van der Waals surface area contributed by atoms with Crippen LogP contribution in [-0.2, 0) is 13.0 Å². The van der Waals surface area contributed by atoms with Crippen LogP contribution in [0.4, 0.5) is 0 Å². The molecule has 0 saturated heterocycles. The Labute approximate surface area is 210 Å². The molecule has 4 aromatic rings. The minimum atomic E-state index is -0.311. The van der Waals surface area contributed by atoms with E-state index in [4.69, 9.17) is 0 Å². The van der Waals surface area contributed by atoms with Gasteiger partial charge in [0.1, 0.15) is 0 Å². The Balaban J connectivity index is 1.50. The van der Waals surface area contributed by atoms with Gasteiger partial charge in [-0.3, -0.25) is 19.3 Å². The second-order valence-corrected chi connectivity index (χ2v) is 8.92. The van der Waals surface area contributed by atoms with E-state index in [9.17, 15) is 14.4 Å². The molecule has 0 aliphatic carbocycles. The van der Waals surface area contributed by atoms with Gasteiger partial charge in [-0.1, -0.05) is 84.9 Å². The first-order chi connectivity index (χ1) is 17.5. The number of amides is 2. The van der Waals surface area contributed by atoms with Crippen LogP contribution in [-0.4, -0.2) is 27.8 Å². The highest BCUT2D eigenvalue weighted by atomic mass is 16.2. The fourth-order valence-corrected chi connectivity index (χ4v) is 4.67. The fourth-order valence-electron chi connectivity index (χ4n) is 4.67. The lowest BCUT2D eigenvalue weighted by molar-refractivity contribution is 0.0656. The number of aryl methyl sites for hydroxylation is 1. The molecular formula is C31H26N2O3. The number of hydrogen-bond donors (Lipinski definition) is 0. The highest BCUT2D eigenvalue weighted by Gasteiger charge is 2.35. The molecule has 0 spiro atoms. The van der Waals surface area contributed by atoms with Crippen LogP contribution >= 0.6 is 0 Å². The molecule has 1 aliphatic heterocycles. The van der Waals surface area contributed by atoms with E-state index in [0.29, 0.717) is 23.2 Å². The number of benzene rings is 3. The summed E-state index contributed by atoms with van der Waals surface area (Å²) in [6.07, 6.45) is 6.09. The summed E-state index contributed by atoms with van der Waals surface area (Å²) in [6, 6.07) is 26.6. The molecule has 178 valence electrons. The zero-order chi connectivity index (χ0) is 25.1. The summed E-state index contributed by atoms with van der Waals surface area (Å²) in [6.45, 7) is 2.57. The van der Waals surface area contributed by atoms with E-state index in [0.717, 1.165) is 22.3 Å². The van der Waals surface area contributed by atoms with E-state index in [1.54, 1.807) is 28.8 Å². The molecule has 3 aromatic carbocycles. The van der Waals surface area contributed by atoms with Gasteiger partial charge in [-0.05, 0) is 47.7 Å². The maximum Gasteiger partial charge on any atom is 0.261 e. The standard InChI is InChI=1S/C31H26N2O3/c1-22-20-32(21-24-12-6-3-7-13-24)29(34)28(25(22)17-16-23-10-4-2-5-11-23)18-19-33-30(35)26-14-8-9-15-27(26)31(33)36/h2-17,20H,18-19,21H2,1H3. The number of nitrogens with zero attached hydrogens (tertiary/aromatic N) is 2. The van der Waals surface area contributed by atoms with Crippen molar-refractivity contribution in [1.82, 2.24) is 9.47 Å². The Morgan fingerprint density at radius 1 is 0.722 bits per heavy atom. The van der Waals surface area contributed by atoms with Crippen LogP contribution in [0.15, 0.2) is 95.9 Å². The van der Waals surface area contributed by atoms with Crippen LogP contribution in [0, 0.1) is 6.92 Å². The summed E-state index contributed by atoms with van der Waals surface area (Å²) in [5.74, 6) is -0.622. The molecule has 0 bridgehead atoms. The van der Waals surface area contributed by atoms with Crippen LogP contribution in [0.2, 0.25) is 0 Å². The molecule has 2 amide bonds. The summed E-state index contributed by atoms with van der Waals surface area (Å²) in [4.78, 5) is 40.7.